The van der Waals surface area contributed by atoms with Gasteiger partial charge in [0.25, 0.3) is 0 Å². The van der Waals surface area contributed by atoms with Crippen LogP contribution in [0.15, 0.2) is 0 Å². The molecule has 0 saturated carbocycles. The zero-order valence-corrected chi connectivity index (χ0v) is 7.67. The Balaban J connectivity index is 2.24. The monoisotopic (exact) mass is 158 g/mol. The molecule has 1 aliphatic rings. The van der Waals surface area contributed by atoms with Gasteiger partial charge in [-0.1, -0.05) is 13.8 Å². The number of hydrogen-bond donors (Lipinski definition) is 0. The maximum Gasteiger partial charge on any atom is 0.0805 e. The summed E-state index contributed by atoms with van der Waals surface area (Å²) in [6.45, 7) is 5.19. The number of hydrogen-bond acceptors (Lipinski definition) is 2. The number of ether oxygens (including phenoxy) is 2. The normalized spacial score (nSPS) is 32.7. The maximum atomic E-state index is 5.62. The third-order valence-corrected chi connectivity index (χ3v) is 2.35. The van der Waals surface area contributed by atoms with Crippen LogP contribution in [-0.4, -0.2) is 25.9 Å². The maximum absolute atomic E-state index is 5.62. The fraction of sp³-hybridized carbons (Fsp3) is 1.00. The summed E-state index contributed by atoms with van der Waals surface area (Å²) >= 11 is 0. The van der Waals surface area contributed by atoms with Crippen molar-refractivity contribution in [2.45, 2.75) is 38.9 Å². The lowest BCUT2D eigenvalue weighted by Gasteiger charge is -2.30. The highest BCUT2D eigenvalue weighted by Crippen LogP contribution is 2.20. The van der Waals surface area contributed by atoms with Gasteiger partial charge in [-0.05, 0) is 18.8 Å². The minimum Gasteiger partial charge on any atom is -0.379 e. The molecule has 2 nitrogen and oxygen atoms in total. The molecule has 2 heteroatoms. The van der Waals surface area contributed by atoms with Gasteiger partial charge in [0.1, 0.15) is 0 Å². The summed E-state index contributed by atoms with van der Waals surface area (Å²) in [5.74, 6) is 0.646. The van der Waals surface area contributed by atoms with Crippen LogP contribution < -0.4 is 0 Å². The Hall–Kier alpha value is -0.0800. The van der Waals surface area contributed by atoms with E-state index in [0.29, 0.717) is 18.1 Å². The molecular weight excluding hydrogens is 140 g/mol. The second-order valence-electron chi connectivity index (χ2n) is 3.55. The minimum atomic E-state index is 0.338. The third-order valence-electron chi connectivity index (χ3n) is 2.35. The van der Waals surface area contributed by atoms with E-state index < -0.39 is 0 Å². The Bertz CT molecular complexity index is 104. The van der Waals surface area contributed by atoms with Crippen LogP contribution in [0.3, 0.4) is 0 Å². The summed E-state index contributed by atoms with van der Waals surface area (Å²) in [6.07, 6.45) is 3.10. The molecule has 1 fully saturated rings. The van der Waals surface area contributed by atoms with Crippen LogP contribution in [0.5, 0.6) is 0 Å². The van der Waals surface area contributed by atoms with Crippen LogP contribution in [0.25, 0.3) is 0 Å². The van der Waals surface area contributed by atoms with Crippen molar-refractivity contribution >= 4 is 0 Å². The van der Waals surface area contributed by atoms with Gasteiger partial charge in [0.2, 0.25) is 0 Å². The zero-order valence-electron chi connectivity index (χ0n) is 7.67. The summed E-state index contributed by atoms with van der Waals surface area (Å²) in [5, 5.41) is 0. The van der Waals surface area contributed by atoms with E-state index in [0.717, 1.165) is 19.4 Å². The second kappa shape index (κ2) is 4.07. The van der Waals surface area contributed by atoms with E-state index in [-0.39, 0.29) is 0 Å². The Morgan fingerprint density at radius 3 is 2.45 bits per heavy atom. The molecule has 66 valence electrons. The molecule has 1 heterocycles. The van der Waals surface area contributed by atoms with Gasteiger partial charge < -0.3 is 9.47 Å². The molecule has 2 unspecified atom stereocenters. The van der Waals surface area contributed by atoms with E-state index in [1.165, 1.54) is 0 Å². The van der Waals surface area contributed by atoms with Gasteiger partial charge in [0.15, 0.2) is 0 Å². The summed E-state index contributed by atoms with van der Waals surface area (Å²) in [7, 11) is 1.75. The first-order valence-electron chi connectivity index (χ1n) is 4.38. The molecule has 1 saturated heterocycles. The summed E-state index contributed by atoms with van der Waals surface area (Å²) in [6, 6.07) is 0. The van der Waals surface area contributed by atoms with E-state index in [1.54, 1.807) is 7.11 Å². The molecule has 1 rings (SSSR count). The van der Waals surface area contributed by atoms with Gasteiger partial charge in [0.05, 0.1) is 18.8 Å². The molecule has 0 spiro atoms. The van der Waals surface area contributed by atoms with Crippen molar-refractivity contribution in [3.05, 3.63) is 0 Å². The molecule has 0 aromatic carbocycles. The lowest BCUT2D eigenvalue weighted by Crippen LogP contribution is -2.33. The molecule has 0 aliphatic carbocycles. The lowest BCUT2D eigenvalue weighted by atomic mass is 9.98. The molecule has 0 aromatic heterocycles. The Morgan fingerprint density at radius 2 is 2.09 bits per heavy atom. The minimum absolute atomic E-state index is 0.338. The lowest BCUT2D eigenvalue weighted by molar-refractivity contribution is -0.0857. The van der Waals surface area contributed by atoms with Gasteiger partial charge in [-0.3, -0.25) is 0 Å². The van der Waals surface area contributed by atoms with Crippen molar-refractivity contribution in [3.8, 4) is 0 Å². The van der Waals surface area contributed by atoms with E-state index in [2.05, 4.69) is 13.8 Å². The van der Waals surface area contributed by atoms with E-state index in [1.807, 2.05) is 0 Å². The first-order valence-corrected chi connectivity index (χ1v) is 4.38. The summed E-state index contributed by atoms with van der Waals surface area (Å²) in [5.41, 5.74) is 0. The fourth-order valence-electron chi connectivity index (χ4n) is 1.46. The molecule has 2 atom stereocenters. The van der Waals surface area contributed by atoms with E-state index in [9.17, 15) is 0 Å². The topological polar surface area (TPSA) is 18.5 Å². The van der Waals surface area contributed by atoms with Crippen molar-refractivity contribution in [1.29, 1.82) is 0 Å². The van der Waals surface area contributed by atoms with Gasteiger partial charge in [-0.15, -0.1) is 0 Å². The largest absolute Gasteiger partial charge is 0.379 e. The Kier molecular flexibility index (Phi) is 3.34. The first kappa shape index (κ1) is 9.01. The van der Waals surface area contributed by atoms with Crippen LogP contribution in [0.4, 0.5) is 0 Å². The second-order valence-corrected chi connectivity index (χ2v) is 3.55. The van der Waals surface area contributed by atoms with Gasteiger partial charge in [-0.25, -0.2) is 0 Å². The number of rotatable bonds is 2. The summed E-state index contributed by atoms with van der Waals surface area (Å²) < 4.78 is 10.8. The smallest absolute Gasteiger partial charge is 0.0805 e. The van der Waals surface area contributed by atoms with Crippen molar-refractivity contribution in [2.75, 3.05) is 13.7 Å². The van der Waals surface area contributed by atoms with Crippen molar-refractivity contribution in [1.82, 2.24) is 0 Å². The van der Waals surface area contributed by atoms with Crippen molar-refractivity contribution in [3.63, 3.8) is 0 Å². The predicted octanol–water partition coefficient (Wildman–Crippen LogP) is 1.84. The van der Waals surface area contributed by atoms with Crippen molar-refractivity contribution < 1.29 is 9.47 Å². The average Bonchev–Trinajstić information content (AvgIpc) is 2.05. The van der Waals surface area contributed by atoms with E-state index >= 15 is 0 Å². The highest BCUT2D eigenvalue weighted by Gasteiger charge is 2.23. The molecule has 1 aliphatic heterocycles. The first-order chi connectivity index (χ1) is 5.24. The molecule has 0 radical (unpaired) electrons. The highest BCUT2D eigenvalue weighted by molar-refractivity contribution is 4.72. The Labute approximate surface area is 68.9 Å². The standard InChI is InChI=1S/C9H18O2/c1-7(2)9-5-4-8(10-3)6-11-9/h7-9H,4-6H2,1-3H3. The van der Waals surface area contributed by atoms with Crippen LogP contribution >= 0.6 is 0 Å². The molecule has 11 heavy (non-hydrogen) atoms. The fourth-order valence-corrected chi connectivity index (χ4v) is 1.46. The Morgan fingerprint density at radius 1 is 1.36 bits per heavy atom. The molecule has 0 aromatic rings. The van der Waals surface area contributed by atoms with Crippen LogP contribution in [0, 0.1) is 5.92 Å². The quantitative estimate of drug-likeness (QED) is 0.610. The molecular formula is C9H18O2. The van der Waals surface area contributed by atoms with Gasteiger partial charge in [0, 0.05) is 7.11 Å². The highest BCUT2D eigenvalue weighted by atomic mass is 16.5. The zero-order chi connectivity index (χ0) is 8.27. The van der Waals surface area contributed by atoms with Crippen molar-refractivity contribution in [2.24, 2.45) is 5.92 Å². The number of methoxy groups -OCH3 is 1. The van der Waals surface area contributed by atoms with Crippen LogP contribution in [0.2, 0.25) is 0 Å². The SMILES string of the molecule is COC1CCC(C(C)C)OC1. The average molecular weight is 158 g/mol. The van der Waals surface area contributed by atoms with E-state index in [4.69, 9.17) is 9.47 Å². The van der Waals surface area contributed by atoms with Gasteiger partial charge >= 0.3 is 0 Å². The molecule has 0 N–H and O–H groups in total. The van der Waals surface area contributed by atoms with Crippen LogP contribution in [-0.2, 0) is 9.47 Å². The third kappa shape index (κ3) is 2.46. The molecule has 0 amide bonds. The van der Waals surface area contributed by atoms with Crippen LogP contribution in [0.1, 0.15) is 26.7 Å². The van der Waals surface area contributed by atoms with Gasteiger partial charge in [-0.2, -0.15) is 0 Å². The summed E-state index contributed by atoms with van der Waals surface area (Å²) in [4.78, 5) is 0. The predicted molar refractivity (Wildman–Crippen MR) is 44.6 cm³/mol. The molecule has 0 bridgehead atoms.